The molecule has 2 aromatic heterocycles. The van der Waals surface area contributed by atoms with E-state index in [2.05, 4.69) is 20.9 Å². The number of nitrogens with zero attached hydrogens (tertiary/aromatic N) is 2. The van der Waals surface area contributed by atoms with Crippen LogP contribution in [0.5, 0.6) is 11.6 Å². The Balaban J connectivity index is 2.02. The van der Waals surface area contributed by atoms with Crippen LogP contribution in [-0.4, -0.2) is 9.38 Å². The quantitative estimate of drug-likeness (QED) is 0.572. The molecule has 0 spiro atoms. The molecule has 3 nitrogen and oxygen atoms in total. The van der Waals surface area contributed by atoms with E-state index >= 15 is 0 Å². The highest BCUT2D eigenvalue weighted by Gasteiger charge is 2.15. The van der Waals surface area contributed by atoms with Crippen molar-refractivity contribution in [3.05, 3.63) is 45.5 Å². The second-order valence-corrected chi connectivity index (χ2v) is 6.01. The Bertz CT molecular complexity index is 740. The lowest BCUT2D eigenvalue weighted by Gasteiger charge is -2.06. The summed E-state index contributed by atoms with van der Waals surface area (Å²) in [5.74, 6) is 1.09. The molecule has 7 heteroatoms. The van der Waals surface area contributed by atoms with E-state index in [1.807, 2.05) is 16.0 Å². The zero-order valence-corrected chi connectivity index (χ0v) is 13.4. The average molecular weight is 378 g/mol. The van der Waals surface area contributed by atoms with E-state index < -0.39 is 0 Å². The van der Waals surface area contributed by atoms with E-state index in [0.29, 0.717) is 27.0 Å². The van der Waals surface area contributed by atoms with E-state index in [0.717, 1.165) is 10.7 Å². The minimum Gasteiger partial charge on any atom is -0.436 e. The third-order valence-corrected chi connectivity index (χ3v) is 4.37. The van der Waals surface area contributed by atoms with Crippen LogP contribution >= 0.6 is 50.5 Å². The number of benzene rings is 1. The van der Waals surface area contributed by atoms with Crippen LogP contribution in [-0.2, 0) is 5.33 Å². The van der Waals surface area contributed by atoms with Gasteiger partial charge in [-0.2, -0.15) is 4.98 Å². The zero-order valence-electron chi connectivity index (χ0n) is 9.44. The van der Waals surface area contributed by atoms with Crippen molar-refractivity contribution in [2.45, 2.75) is 5.33 Å². The van der Waals surface area contributed by atoms with Crippen LogP contribution in [0.3, 0.4) is 0 Å². The Kier molecular flexibility index (Phi) is 3.71. The number of alkyl halides is 1. The van der Waals surface area contributed by atoms with E-state index in [1.165, 1.54) is 0 Å². The molecule has 2 heterocycles. The summed E-state index contributed by atoms with van der Waals surface area (Å²) in [4.78, 5) is 5.32. The van der Waals surface area contributed by atoms with E-state index in [-0.39, 0.29) is 0 Å². The topological polar surface area (TPSA) is 26.5 Å². The third-order valence-electron chi connectivity index (χ3n) is 2.55. The Morgan fingerprint density at radius 1 is 1.37 bits per heavy atom. The predicted octanol–water partition coefficient (Wildman–Crippen LogP) is 5.39. The highest BCUT2D eigenvalue weighted by atomic mass is 79.9. The second kappa shape index (κ2) is 5.32. The number of hydrogen-bond donors (Lipinski definition) is 0. The maximum Gasteiger partial charge on any atom is 0.243 e. The van der Waals surface area contributed by atoms with Crippen molar-refractivity contribution in [2.24, 2.45) is 0 Å². The Morgan fingerprint density at radius 3 is 2.95 bits per heavy atom. The number of imidazole rings is 1. The number of rotatable bonds is 3. The summed E-state index contributed by atoms with van der Waals surface area (Å²) in [6.45, 7) is 0. The van der Waals surface area contributed by atoms with Gasteiger partial charge in [0.05, 0.1) is 10.7 Å². The molecule has 98 valence electrons. The van der Waals surface area contributed by atoms with Gasteiger partial charge >= 0.3 is 0 Å². The summed E-state index contributed by atoms with van der Waals surface area (Å²) >= 11 is 17.0. The third kappa shape index (κ3) is 2.48. The number of fused-ring (bicyclic) bond motifs is 1. The minimum atomic E-state index is 0.462. The maximum atomic E-state index is 6.09. The van der Waals surface area contributed by atoms with Crippen molar-refractivity contribution in [1.29, 1.82) is 0 Å². The van der Waals surface area contributed by atoms with Crippen LogP contribution in [0, 0.1) is 0 Å². The van der Waals surface area contributed by atoms with Crippen LogP contribution in [0.2, 0.25) is 10.0 Å². The highest BCUT2D eigenvalue weighted by molar-refractivity contribution is 9.08. The standard InChI is InChI=1S/C12H7BrCl2N2OS/c13-6-9-11(16-12-17(9)3-4-19-12)18-10-2-1-7(14)5-8(10)15/h1-5H,6H2. The van der Waals surface area contributed by atoms with Gasteiger partial charge in [0.15, 0.2) is 4.96 Å². The van der Waals surface area contributed by atoms with Crippen LogP contribution in [0.15, 0.2) is 29.8 Å². The number of thiazole rings is 1. The molecule has 3 aromatic rings. The smallest absolute Gasteiger partial charge is 0.243 e. The minimum absolute atomic E-state index is 0.462. The molecular formula is C12H7BrCl2N2OS. The monoisotopic (exact) mass is 376 g/mol. The second-order valence-electron chi connectivity index (χ2n) is 3.73. The Labute approximate surface area is 131 Å². The summed E-state index contributed by atoms with van der Waals surface area (Å²) in [6.07, 6.45) is 1.96. The van der Waals surface area contributed by atoms with E-state index in [4.69, 9.17) is 27.9 Å². The van der Waals surface area contributed by atoms with Crippen LogP contribution in [0.4, 0.5) is 0 Å². The summed E-state index contributed by atoms with van der Waals surface area (Å²) in [7, 11) is 0. The molecule has 0 bridgehead atoms. The zero-order chi connectivity index (χ0) is 13.4. The fraction of sp³-hybridized carbons (Fsp3) is 0.0833. The van der Waals surface area contributed by atoms with Gasteiger partial charge in [-0.1, -0.05) is 39.1 Å². The molecule has 0 amide bonds. The van der Waals surface area contributed by atoms with Crippen LogP contribution in [0.25, 0.3) is 4.96 Å². The van der Waals surface area contributed by atoms with Gasteiger partial charge in [0, 0.05) is 21.9 Å². The average Bonchev–Trinajstić information content (AvgIpc) is 2.92. The normalized spacial score (nSPS) is 11.1. The summed E-state index contributed by atoms with van der Waals surface area (Å²) in [5, 5.41) is 3.66. The van der Waals surface area contributed by atoms with Crippen molar-refractivity contribution >= 4 is 55.4 Å². The fourth-order valence-electron chi connectivity index (χ4n) is 1.68. The molecule has 0 aliphatic heterocycles. The number of hydrogen-bond acceptors (Lipinski definition) is 3. The lowest BCUT2D eigenvalue weighted by Crippen LogP contribution is -1.91. The molecule has 0 aliphatic rings. The first kappa shape index (κ1) is 13.2. The number of ether oxygens (including phenoxy) is 1. The van der Waals surface area contributed by atoms with Gasteiger partial charge < -0.3 is 4.74 Å². The molecule has 3 rings (SSSR count). The van der Waals surface area contributed by atoms with Gasteiger partial charge in [0.2, 0.25) is 5.88 Å². The van der Waals surface area contributed by atoms with Gasteiger partial charge in [-0.15, -0.1) is 11.3 Å². The van der Waals surface area contributed by atoms with Crippen molar-refractivity contribution in [1.82, 2.24) is 9.38 Å². The molecule has 1 aromatic carbocycles. The molecular weight excluding hydrogens is 371 g/mol. The first-order valence-corrected chi connectivity index (χ1v) is 8.08. The van der Waals surface area contributed by atoms with E-state index in [1.54, 1.807) is 29.5 Å². The molecule has 0 unspecified atom stereocenters. The lowest BCUT2D eigenvalue weighted by molar-refractivity contribution is 0.462. The molecule has 0 N–H and O–H groups in total. The molecule has 0 fully saturated rings. The molecule has 19 heavy (non-hydrogen) atoms. The SMILES string of the molecule is Clc1ccc(Oc2nc3sccn3c2CBr)c(Cl)c1. The first-order chi connectivity index (χ1) is 9.19. The molecule has 0 saturated heterocycles. The van der Waals surface area contributed by atoms with Crippen molar-refractivity contribution in [3.8, 4) is 11.6 Å². The van der Waals surface area contributed by atoms with Crippen molar-refractivity contribution < 1.29 is 4.74 Å². The molecule has 0 aliphatic carbocycles. The van der Waals surface area contributed by atoms with Gasteiger partial charge in [0.1, 0.15) is 5.75 Å². The van der Waals surface area contributed by atoms with E-state index in [9.17, 15) is 0 Å². The van der Waals surface area contributed by atoms with Gasteiger partial charge in [-0.25, -0.2) is 0 Å². The van der Waals surface area contributed by atoms with Crippen LogP contribution in [0.1, 0.15) is 5.69 Å². The van der Waals surface area contributed by atoms with Gasteiger partial charge in [-0.3, -0.25) is 4.40 Å². The maximum absolute atomic E-state index is 6.09. The summed E-state index contributed by atoms with van der Waals surface area (Å²) < 4.78 is 7.77. The number of aromatic nitrogens is 2. The predicted molar refractivity (Wildman–Crippen MR) is 82.2 cm³/mol. The largest absolute Gasteiger partial charge is 0.436 e. The lowest BCUT2D eigenvalue weighted by atomic mass is 10.3. The Morgan fingerprint density at radius 2 is 2.21 bits per heavy atom. The van der Waals surface area contributed by atoms with Gasteiger partial charge in [-0.05, 0) is 18.2 Å². The molecule has 0 atom stereocenters. The molecule has 0 radical (unpaired) electrons. The molecule has 0 saturated carbocycles. The fourth-order valence-corrected chi connectivity index (χ4v) is 3.36. The first-order valence-electron chi connectivity index (χ1n) is 5.32. The van der Waals surface area contributed by atoms with Gasteiger partial charge in [0.25, 0.3) is 0 Å². The van der Waals surface area contributed by atoms with Crippen molar-refractivity contribution in [3.63, 3.8) is 0 Å². The van der Waals surface area contributed by atoms with Crippen molar-refractivity contribution in [2.75, 3.05) is 0 Å². The summed E-state index contributed by atoms with van der Waals surface area (Å²) in [5.41, 5.74) is 0.947. The summed E-state index contributed by atoms with van der Waals surface area (Å²) in [6, 6.07) is 5.11. The number of halogens is 3. The Hall–Kier alpha value is -0.750. The highest BCUT2D eigenvalue weighted by Crippen LogP contribution is 2.34. The van der Waals surface area contributed by atoms with Crippen LogP contribution < -0.4 is 4.74 Å².